The van der Waals surface area contributed by atoms with Gasteiger partial charge < -0.3 is 19.9 Å². The normalized spacial score (nSPS) is 13.4. The van der Waals surface area contributed by atoms with Crippen LogP contribution in [0.4, 0.5) is 9.18 Å². The first-order valence-electron chi connectivity index (χ1n) is 7.30. The van der Waals surface area contributed by atoms with E-state index in [1.807, 2.05) is 6.92 Å². The molecule has 0 aliphatic heterocycles. The van der Waals surface area contributed by atoms with Gasteiger partial charge in [0.2, 0.25) is 0 Å². The fourth-order valence-corrected chi connectivity index (χ4v) is 2.33. The quantitative estimate of drug-likeness (QED) is 0.855. The number of ether oxygens (including phenoxy) is 1. The largest absolute Gasteiger partial charge is 0.383 e. The van der Waals surface area contributed by atoms with E-state index in [2.05, 4.69) is 15.6 Å². The van der Waals surface area contributed by atoms with Crippen molar-refractivity contribution in [3.8, 4) is 0 Å². The summed E-state index contributed by atoms with van der Waals surface area (Å²) >= 11 is 0. The Kier molecular flexibility index (Phi) is 5.70. The highest BCUT2D eigenvalue weighted by atomic mass is 19.1. The Bertz CT molecular complexity index is 659. The monoisotopic (exact) mass is 320 g/mol. The number of halogens is 1. The van der Waals surface area contributed by atoms with Gasteiger partial charge >= 0.3 is 6.03 Å². The summed E-state index contributed by atoms with van der Waals surface area (Å²) in [5.74, 6) is 0.149. The van der Waals surface area contributed by atoms with E-state index in [1.54, 1.807) is 49.3 Å². The van der Waals surface area contributed by atoms with Gasteiger partial charge in [0.15, 0.2) is 0 Å². The lowest BCUT2D eigenvalue weighted by molar-refractivity contribution is 0.170. The molecule has 1 aromatic carbocycles. The highest BCUT2D eigenvalue weighted by Crippen LogP contribution is 2.22. The Hall–Kier alpha value is -2.41. The number of rotatable bonds is 6. The fraction of sp³-hybridized carbons (Fsp3) is 0.375. The molecular weight excluding hydrogens is 299 g/mol. The number of nitrogens with zero attached hydrogens (tertiary/aromatic N) is 2. The van der Waals surface area contributed by atoms with Crippen molar-refractivity contribution in [2.45, 2.75) is 19.0 Å². The molecule has 0 aliphatic rings. The fourth-order valence-electron chi connectivity index (χ4n) is 2.33. The minimum atomic E-state index is -0.689. The summed E-state index contributed by atoms with van der Waals surface area (Å²) in [5, 5.41) is 5.53. The van der Waals surface area contributed by atoms with Crippen molar-refractivity contribution in [2.75, 3.05) is 13.7 Å². The minimum Gasteiger partial charge on any atom is -0.383 e. The summed E-state index contributed by atoms with van der Waals surface area (Å²) in [6.07, 6.45) is 3.35. The summed E-state index contributed by atoms with van der Waals surface area (Å²) in [5.41, 5.74) is 0.358. The van der Waals surface area contributed by atoms with Crippen LogP contribution in [-0.4, -0.2) is 35.3 Å². The number of carbonyl (C=O) groups is 1. The lowest BCUT2D eigenvalue weighted by atomic mass is 10.1. The maximum absolute atomic E-state index is 14.2. The number of urea groups is 1. The van der Waals surface area contributed by atoms with Gasteiger partial charge in [-0.05, 0) is 13.0 Å². The highest BCUT2D eigenvalue weighted by Gasteiger charge is 2.23. The zero-order valence-electron chi connectivity index (χ0n) is 13.4. The Morgan fingerprint density at radius 3 is 2.74 bits per heavy atom. The molecule has 124 valence electrons. The molecule has 0 bridgehead atoms. The van der Waals surface area contributed by atoms with E-state index in [4.69, 9.17) is 4.74 Å². The SMILES string of the molecule is COC[C@@H](C)NC(=O)N[C@@H](c1ccccc1F)c1nccn1C. The topological polar surface area (TPSA) is 68.2 Å². The summed E-state index contributed by atoms with van der Waals surface area (Å²) in [6.45, 7) is 2.21. The summed E-state index contributed by atoms with van der Waals surface area (Å²) in [6, 6.07) is 5.06. The molecule has 0 saturated carbocycles. The molecule has 23 heavy (non-hydrogen) atoms. The minimum absolute atomic E-state index is 0.164. The van der Waals surface area contributed by atoms with Crippen LogP contribution < -0.4 is 10.6 Å². The molecule has 2 amide bonds. The van der Waals surface area contributed by atoms with Crippen LogP contribution in [0.2, 0.25) is 0 Å². The van der Waals surface area contributed by atoms with Gasteiger partial charge in [-0.3, -0.25) is 0 Å². The molecule has 2 rings (SSSR count). The second-order valence-corrected chi connectivity index (χ2v) is 5.33. The molecule has 0 spiro atoms. The van der Waals surface area contributed by atoms with E-state index >= 15 is 0 Å². The molecule has 0 fully saturated rings. The van der Waals surface area contributed by atoms with Crippen molar-refractivity contribution in [1.29, 1.82) is 0 Å². The third-order valence-electron chi connectivity index (χ3n) is 3.40. The average molecular weight is 320 g/mol. The summed E-state index contributed by atoms with van der Waals surface area (Å²) < 4.78 is 20.9. The van der Waals surface area contributed by atoms with Crippen LogP contribution in [0.3, 0.4) is 0 Å². The second kappa shape index (κ2) is 7.73. The van der Waals surface area contributed by atoms with Crippen LogP contribution in [-0.2, 0) is 11.8 Å². The lowest BCUT2D eigenvalue weighted by Gasteiger charge is -2.21. The van der Waals surface area contributed by atoms with Gasteiger partial charge in [0, 0.05) is 32.1 Å². The molecule has 1 heterocycles. The Morgan fingerprint density at radius 1 is 1.39 bits per heavy atom. The standard InChI is InChI=1S/C16H21FN4O2/c1-11(10-23-3)19-16(22)20-14(15-18-8-9-21(15)2)12-6-4-5-7-13(12)17/h4-9,11,14H,10H2,1-3H3,(H2,19,20,22)/t11-,14+/m1/s1. The number of hydrogen-bond donors (Lipinski definition) is 2. The molecule has 0 radical (unpaired) electrons. The van der Waals surface area contributed by atoms with Gasteiger partial charge in [-0.1, -0.05) is 18.2 Å². The zero-order chi connectivity index (χ0) is 16.8. The molecule has 0 unspecified atom stereocenters. The van der Waals surface area contributed by atoms with E-state index in [9.17, 15) is 9.18 Å². The zero-order valence-corrected chi connectivity index (χ0v) is 13.4. The molecule has 7 heteroatoms. The first-order valence-corrected chi connectivity index (χ1v) is 7.30. The van der Waals surface area contributed by atoms with E-state index in [0.29, 0.717) is 18.0 Å². The van der Waals surface area contributed by atoms with Crippen LogP contribution in [0.5, 0.6) is 0 Å². The van der Waals surface area contributed by atoms with Crippen molar-refractivity contribution in [2.24, 2.45) is 7.05 Å². The number of imidazole rings is 1. The van der Waals surface area contributed by atoms with Crippen molar-refractivity contribution in [3.63, 3.8) is 0 Å². The van der Waals surface area contributed by atoms with Crippen LogP contribution >= 0.6 is 0 Å². The van der Waals surface area contributed by atoms with Crippen molar-refractivity contribution in [1.82, 2.24) is 20.2 Å². The van der Waals surface area contributed by atoms with Gasteiger partial charge in [0.1, 0.15) is 17.7 Å². The van der Waals surface area contributed by atoms with Crippen LogP contribution in [0.15, 0.2) is 36.7 Å². The van der Waals surface area contributed by atoms with E-state index in [0.717, 1.165) is 0 Å². The first-order chi connectivity index (χ1) is 11.0. The van der Waals surface area contributed by atoms with Crippen LogP contribution in [0.1, 0.15) is 24.4 Å². The van der Waals surface area contributed by atoms with Gasteiger partial charge in [-0.2, -0.15) is 0 Å². The first kappa shape index (κ1) is 17.0. The average Bonchev–Trinajstić information content (AvgIpc) is 2.92. The molecule has 2 atom stereocenters. The number of hydrogen-bond acceptors (Lipinski definition) is 3. The molecule has 0 aliphatic carbocycles. The van der Waals surface area contributed by atoms with E-state index < -0.39 is 17.9 Å². The van der Waals surface area contributed by atoms with Gasteiger partial charge in [0.25, 0.3) is 0 Å². The highest BCUT2D eigenvalue weighted by molar-refractivity contribution is 5.75. The third-order valence-corrected chi connectivity index (χ3v) is 3.40. The van der Waals surface area contributed by atoms with Gasteiger partial charge in [-0.15, -0.1) is 0 Å². The number of amides is 2. The predicted molar refractivity (Wildman–Crippen MR) is 84.5 cm³/mol. The molecule has 6 nitrogen and oxygen atoms in total. The lowest BCUT2D eigenvalue weighted by Crippen LogP contribution is -2.44. The van der Waals surface area contributed by atoms with Gasteiger partial charge in [0.05, 0.1) is 12.6 Å². The Balaban J connectivity index is 2.24. The maximum Gasteiger partial charge on any atom is 0.315 e. The third kappa shape index (κ3) is 4.29. The molecule has 2 N–H and O–H groups in total. The second-order valence-electron chi connectivity index (χ2n) is 5.33. The summed E-state index contributed by atoms with van der Waals surface area (Å²) in [4.78, 5) is 16.4. The number of methoxy groups -OCH3 is 1. The number of aryl methyl sites for hydroxylation is 1. The predicted octanol–water partition coefficient (Wildman–Crippen LogP) is 1.98. The van der Waals surface area contributed by atoms with E-state index in [1.165, 1.54) is 6.07 Å². The van der Waals surface area contributed by atoms with Crippen LogP contribution in [0.25, 0.3) is 0 Å². The number of benzene rings is 1. The van der Waals surface area contributed by atoms with Gasteiger partial charge in [-0.25, -0.2) is 14.2 Å². The van der Waals surface area contributed by atoms with Crippen molar-refractivity contribution in [3.05, 3.63) is 53.9 Å². The summed E-state index contributed by atoms with van der Waals surface area (Å²) in [7, 11) is 3.36. The molecule has 1 aromatic heterocycles. The molecule has 0 saturated heterocycles. The molecular formula is C16H21FN4O2. The van der Waals surface area contributed by atoms with Crippen LogP contribution in [0, 0.1) is 5.82 Å². The Labute approximate surface area is 134 Å². The number of aromatic nitrogens is 2. The number of carbonyl (C=O) groups excluding carboxylic acids is 1. The maximum atomic E-state index is 14.2. The molecule has 2 aromatic rings. The van der Waals surface area contributed by atoms with E-state index in [-0.39, 0.29) is 6.04 Å². The Morgan fingerprint density at radius 2 is 2.13 bits per heavy atom. The van der Waals surface area contributed by atoms with Crippen molar-refractivity contribution >= 4 is 6.03 Å². The number of nitrogens with one attached hydrogen (secondary N) is 2. The van der Waals surface area contributed by atoms with Crippen molar-refractivity contribution < 1.29 is 13.9 Å². The smallest absolute Gasteiger partial charge is 0.315 e.